The molecule has 0 aliphatic carbocycles. The molecule has 104 heavy (non-hydrogen) atoms. The van der Waals surface area contributed by atoms with Crippen LogP contribution < -0.4 is 0 Å². The average Bonchev–Trinajstić information content (AvgIpc) is 3.27. The topological polar surface area (TPSA) is 530 Å². The third-order valence-electron chi connectivity index (χ3n) is 13.0. The summed E-state index contributed by atoms with van der Waals surface area (Å²) in [5.41, 5.74) is 0. The minimum Gasteiger partial charge on any atom is -0.397 e. The van der Waals surface area contributed by atoms with Crippen molar-refractivity contribution in [2.75, 3.05) is 241 Å². The fourth-order valence-corrected chi connectivity index (χ4v) is 5.69. The van der Waals surface area contributed by atoms with Crippen LogP contribution in [-0.2, 0) is 33.2 Å². The summed E-state index contributed by atoms with van der Waals surface area (Å²) < 4.78 is 32.6. The van der Waals surface area contributed by atoms with Gasteiger partial charge >= 0.3 is 0 Å². The van der Waals surface area contributed by atoms with Crippen molar-refractivity contribution >= 4 is 0 Å². The second-order valence-electron chi connectivity index (χ2n) is 22.8. The Hall–Kier alpha value is -1.20. The number of aliphatic hydroxyl groups is 23. The van der Waals surface area contributed by atoms with Gasteiger partial charge in [0.1, 0.15) is 6.10 Å². The molecular weight excluding hydrogens is 1370 g/mol. The summed E-state index contributed by atoms with van der Waals surface area (Å²) in [6.07, 6.45) is 21.4. The SMILES string of the molecule is CCC(CO)CO.CCCC(CO)CO.CCCCC(CO)CO.CCCCCC(CO)CO.CCCCCO.CCCCO.CCCO.CCO.COC(CO)CO.COCC(CO)CO.COCCC(CO)CO.COCCCC(CO)CO.COCCCCO.COCCCO.COCCO. The summed E-state index contributed by atoms with van der Waals surface area (Å²) in [4.78, 5) is 0. The van der Waals surface area contributed by atoms with E-state index in [-0.39, 0.29) is 174 Å². The van der Waals surface area contributed by atoms with E-state index in [1.807, 2.05) is 20.8 Å². The second-order valence-corrected chi connectivity index (χ2v) is 22.8. The molecule has 0 unspecified atom stereocenters. The highest BCUT2D eigenvalue weighted by Gasteiger charge is 2.07. The first kappa shape index (κ1) is 138. The second kappa shape index (κ2) is 158. The summed E-state index contributed by atoms with van der Waals surface area (Å²) in [5.74, 6) is 0.358. The van der Waals surface area contributed by atoms with Crippen molar-refractivity contribution in [2.24, 2.45) is 41.4 Å². The number of methoxy groups -OCH3 is 7. The van der Waals surface area contributed by atoms with E-state index in [1.165, 1.54) is 26.4 Å². The normalized spacial score (nSPS) is 9.87. The fourth-order valence-electron chi connectivity index (χ4n) is 5.69. The minimum atomic E-state index is -0.403. The van der Waals surface area contributed by atoms with Crippen LogP contribution in [0.4, 0.5) is 0 Å². The van der Waals surface area contributed by atoms with Crippen LogP contribution in [0.3, 0.4) is 0 Å². The zero-order valence-corrected chi connectivity index (χ0v) is 68.8. The molecule has 0 atom stereocenters. The number of hydrogen-bond acceptors (Lipinski definition) is 30. The lowest BCUT2D eigenvalue weighted by Gasteiger charge is -2.08. The number of rotatable bonds is 51. The molecule has 0 aliphatic rings. The number of aliphatic hydroxyl groups excluding tert-OH is 23. The van der Waals surface area contributed by atoms with Crippen LogP contribution in [-0.4, -0.2) is 365 Å². The molecule has 30 heteroatoms. The number of hydrogen-bond donors (Lipinski definition) is 23. The van der Waals surface area contributed by atoms with Gasteiger partial charge in [-0.05, 0) is 90.4 Å². The Balaban J connectivity index is -0.0000000633. The van der Waals surface area contributed by atoms with Crippen LogP contribution in [0.15, 0.2) is 0 Å². The summed E-state index contributed by atoms with van der Waals surface area (Å²) in [5, 5.41) is 192. The van der Waals surface area contributed by atoms with Crippen molar-refractivity contribution in [3.05, 3.63) is 0 Å². The van der Waals surface area contributed by atoms with Gasteiger partial charge in [0.25, 0.3) is 0 Å². The van der Waals surface area contributed by atoms with Gasteiger partial charge in [-0.1, -0.05) is 106 Å². The van der Waals surface area contributed by atoms with Gasteiger partial charge in [0.2, 0.25) is 0 Å². The number of unbranched alkanes of at least 4 members (excludes halogenated alkanes) is 7. The Morgan fingerprint density at radius 3 is 0.673 bits per heavy atom. The third kappa shape index (κ3) is 184. The molecular formula is C74H178O30. The molecule has 0 spiro atoms. The molecule has 0 saturated heterocycles. The first-order valence-corrected chi connectivity index (χ1v) is 37.6. The zero-order valence-electron chi connectivity index (χ0n) is 68.8. The summed E-state index contributed by atoms with van der Waals surface area (Å²) in [6, 6.07) is 0. The van der Waals surface area contributed by atoms with Crippen molar-refractivity contribution in [3.63, 3.8) is 0 Å². The predicted molar refractivity (Wildman–Crippen MR) is 416 cm³/mol. The van der Waals surface area contributed by atoms with Gasteiger partial charge in [0, 0.05) is 237 Å². The molecule has 0 fully saturated rings. The van der Waals surface area contributed by atoms with Crippen molar-refractivity contribution in [1.29, 1.82) is 0 Å². The molecule has 0 amide bonds. The molecule has 654 valence electrons. The maximum Gasteiger partial charge on any atom is 0.103 e. The van der Waals surface area contributed by atoms with E-state index in [9.17, 15) is 0 Å². The first-order chi connectivity index (χ1) is 50.2. The van der Waals surface area contributed by atoms with Gasteiger partial charge in [0.05, 0.1) is 46.2 Å². The standard InChI is InChI=1S/C8H18O2.C7H16O3.C7H16O2.C6H14O3.C6H14O2.C5H12O3.2C5H12O2.C5H12O.C4H10O3.C4H10O2.C4H10O.C3H8O2.C3H8O.C2H6O/c1-2-3-4-5-8(6-9)7-10;1-10-4-2-3-7(5-8)6-9;1-2-3-4-7(5-8)6-9;1-9-3-2-6(4-7)5-8;1-2-3-6(4-7)5-8;1-8-4-5(2-6)3-7;1-7-5-3-2-4-6;1-2-5(3-6)4-7;1-2-3-4-5-6;1-7-4(2-5)3-6;1-6-4-2-3-5;1-2-3-4-5;1-5-3-2-4;1-2-3-4;1-2-3/h8-10H,2-7H2,1H3;7-9H,2-6H2,1H3;7-9H,2-6H2,1H3;6-8H,2-5H2,1H3;6-8H,2-5H2,1H3;5-7H,2-4H2,1H3;6H,2-5H2,1H3;5-7H,2-4H2,1H3;6H,2-5H2,1H3;4-6H,2-3H2,1H3;5H,2-4H2,1H3;5H,2-4H2,1H3;4H,2-3H2,1H3;4H,2-3H2,1H3;3H,2H2,1H3. The van der Waals surface area contributed by atoms with Gasteiger partial charge in [-0.25, -0.2) is 0 Å². The Morgan fingerprint density at radius 2 is 0.490 bits per heavy atom. The maximum absolute atomic E-state index is 8.67. The van der Waals surface area contributed by atoms with E-state index in [1.54, 1.807) is 49.6 Å². The minimum absolute atomic E-state index is 0.00931. The van der Waals surface area contributed by atoms with Crippen LogP contribution in [0.5, 0.6) is 0 Å². The highest BCUT2D eigenvalue weighted by atomic mass is 16.5. The molecule has 0 saturated carbocycles. The van der Waals surface area contributed by atoms with Gasteiger partial charge in [-0.3, -0.25) is 0 Å². The van der Waals surface area contributed by atoms with Crippen molar-refractivity contribution in [1.82, 2.24) is 0 Å². The molecule has 23 N–H and O–H groups in total. The van der Waals surface area contributed by atoms with E-state index in [0.29, 0.717) is 52.9 Å². The molecule has 0 aromatic heterocycles. The van der Waals surface area contributed by atoms with Crippen LogP contribution in [0, 0.1) is 41.4 Å². The van der Waals surface area contributed by atoms with E-state index < -0.39 is 6.10 Å². The van der Waals surface area contributed by atoms with Crippen molar-refractivity contribution in [3.8, 4) is 0 Å². The molecule has 0 aromatic rings. The lowest BCUT2D eigenvalue weighted by Crippen LogP contribution is -2.19. The van der Waals surface area contributed by atoms with Gasteiger partial charge in [0.15, 0.2) is 0 Å². The number of ether oxygens (including phenoxy) is 7. The average molecular weight is 1550 g/mol. The van der Waals surface area contributed by atoms with Gasteiger partial charge < -0.3 is 151 Å². The largest absolute Gasteiger partial charge is 0.397 e. The lowest BCUT2D eigenvalue weighted by molar-refractivity contribution is 0.00933. The van der Waals surface area contributed by atoms with Crippen molar-refractivity contribution in [2.45, 2.75) is 203 Å². The van der Waals surface area contributed by atoms with Gasteiger partial charge in [-0.15, -0.1) is 0 Å². The molecule has 0 radical (unpaired) electrons. The Kier molecular flexibility index (Phi) is 211. The summed E-state index contributed by atoms with van der Waals surface area (Å²) in [7, 11) is 11.1. The van der Waals surface area contributed by atoms with Crippen LogP contribution in [0.2, 0.25) is 0 Å². The first-order valence-electron chi connectivity index (χ1n) is 37.6. The molecule has 0 bridgehead atoms. The monoisotopic (exact) mass is 1550 g/mol. The lowest BCUT2D eigenvalue weighted by atomic mass is 10.0. The van der Waals surface area contributed by atoms with E-state index in [2.05, 4.69) is 46.6 Å². The van der Waals surface area contributed by atoms with Crippen LogP contribution in [0.1, 0.15) is 197 Å². The zero-order chi connectivity index (χ0) is 83.6. The van der Waals surface area contributed by atoms with E-state index >= 15 is 0 Å². The Bertz CT molecular complexity index is 998. The highest BCUT2D eigenvalue weighted by molar-refractivity contribution is 4.57. The third-order valence-corrected chi connectivity index (χ3v) is 13.0. The maximum atomic E-state index is 8.67. The molecule has 30 nitrogen and oxygen atoms in total. The summed E-state index contributed by atoms with van der Waals surface area (Å²) in [6.45, 7) is 22.4. The smallest absolute Gasteiger partial charge is 0.103 e. The molecule has 0 rings (SSSR count). The summed E-state index contributed by atoms with van der Waals surface area (Å²) >= 11 is 0. The predicted octanol–water partition coefficient (Wildman–Crippen LogP) is 2.57. The molecule has 0 aromatic carbocycles. The molecule has 0 aliphatic heterocycles. The van der Waals surface area contributed by atoms with Crippen molar-refractivity contribution < 1.29 is 151 Å². The van der Waals surface area contributed by atoms with Crippen LogP contribution >= 0.6 is 0 Å². The Labute approximate surface area is 634 Å². The Morgan fingerprint density at radius 1 is 0.202 bits per heavy atom. The van der Waals surface area contributed by atoms with Crippen LogP contribution in [0.25, 0.3) is 0 Å². The molecule has 0 heterocycles. The van der Waals surface area contributed by atoms with Gasteiger partial charge in [-0.2, -0.15) is 0 Å². The van der Waals surface area contributed by atoms with E-state index in [4.69, 9.17) is 132 Å². The highest BCUT2D eigenvalue weighted by Crippen LogP contribution is 2.09. The fraction of sp³-hybridized carbons (Fsp3) is 1.00. The quantitative estimate of drug-likeness (QED) is 0.0389. The van der Waals surface area contributed by atoms with E-state index in [0.717, 1.165) is 129 Å².